The van der Waals surface area contributed by atoms with E-state index in [2.05, 4.69) is 10.6 Å². The highest BCUT2D eigenvalue weighted by molar-refractivity contribution is 6.03. The number of likely N-dealkylation sites (tertiary alicyclic amines) is 1. The lowest BCUT2D eigenvalue weighted by atomic mass is 9.70. The molecule has 3 aliphatic rings. The molecule has 1 aromatic carbocycles. The first kappa shape index (κ1) is 23.5. The third-order valence-corrected chi connectivity index (χ3v) is 7.74. The molecule has 9 nitrogen and oxygen atoms in total. The summed E-state index contributed by atoms with van der Waals surface area (Å²) in [5.74, 6) is -1.69. The van der Waals surface area contributed by atoms with Crippen molar-refractivity contribution in [3.05, 3.63) is 24.3 Å². The SMILES string of the molecule is CC[C@H](C)[C@H](CO)N1C(=O)[C@@H]2[C@H](C(=O)NC)[C@@H]3CCC2(O3)C1C(=O)Nc1ccc(OC)cc1. The molecule has 3 N–H and O–H groups in total. The number of hydrogen-bond donors (Lipinski definition) is 3. The van der Waals surface area contributed by atoms with Crippen LogP contribution in [0, 0.1) is 17.8 Å². The molecule has 1 aromatic rings. The predicted octanol–water partition coefficient (Wildman–Crippen LogP) is 1.16. The zero-order chi connectivity index (χ0) is 23.9. The normalized spacial score (nSPS) is 31.8. The van der Waals surface area contributed by atoms with Gasteiger partial charge in [0.15, 0.2) is 0 Å². The van der Waals surface area contributed by atoms with E-state index in [0.29, 0.717) is 24.3 Å². The van der Waals surface area contributed by atoms with Gasteiger partial charge < -0.3 is 30.1 Å². The summed E-state index contributed by atoms with van der Waals surface area (Å²) >= 11 is 0. The number of ether oxygens (including phenoxy) is 2. The molecule has 0 saturated carbocycles. The molecular formula is C24H33N3O6. The van der Waals surface area contributed by atoms with Gasteiger partial charge in [0.25, 0.3) is 0 Å². The van der Waals surface area contributed by atoms with Crippen LogP contribution < -0.4 is 15.4 Å². The van der Waals surface area contributed by atoms with Crippen molar-refractivity contribution in [2.75, 3.05) is 26.1 Å². The van der Waals surface area contributed by atoms with Crippen molar-refractivity contribution in [2.24, 2.45) is 17.8 Å². The molecule has 0 radical (unpaired) electrons. The fourth-order valence-electron chi connectivity index (χ4n) is 5.91. The van der Waals surface area contributed by atoms with Gasteiger partial charge in [-0.1, -0.05) is 20.3 Å². The van der Waals surface area contributed by atoms with Gasteiger partial charge in [0.2, 0.25) is 17.7 Å². The van der Waals surface area contributed by atoms with Crippen molar-refractivity contribution in [3.63, 3.8) is 0 Å². The molecule has 0 aromatic heterocycles. The maximum atomic E-state index is 13.8. The number of amides is 3. The summed E-state index contributed by atoms with van der Waals surface area (Å²) in [4.78, 5) is 41.8. The standard InChI is InChI=1S/C24H33N3O6/c1-5-13(2)16(12-28)27-20(22(30)26-14-6-8-15(32-4)9-7-14)24-11-10-17(33-24)18(21(29)25-3)19(24)23(27)31/h6-9,13,16-20,28H,5,10-12H2,1-4H3,(H,25,29)(H,26,30)/t13-,16-,17-,18+,19-,20?,24?/m0/s1. The van der Waals surface area contributed by atoms with Crippen LogP contribution in [-0.4, -0.2) is 72.3 Å². The smallest absolute Gasteiger partial charge is 0.250 e. The van der Waals surface area contributed by atoms with E-state index in [1.807, 2.05) is 13.8 Å². The lowest BCUT2D eigenvalue weighted by Crippen LogP contribution is -2.57. The summed E-state index contributed by atoms with van der Waals surface area (Å²) in [6.07, 6.45) is 1.45. The highest BCUT2D eigenvalue weighted by Crippen LogP contribution is 2.59. The molecule has 3 aliphatic heterocycles. The fourth-order valence-corrected chi connectivity index (χ4v) is 5.91. The molecule has 2 bridgehead atoms. The van der Waals surface area contributed by atoms with Crippen LogP contribution in [0.3, 0.4) is 0 Å². The van der Waals surface area contributed by atoms with Gasteiger partial charge in [0, 0.05) is 12.7 Å². The molecule has 2 unspecified atom stereocenters. The summed E-state index contributed by atoms with van der Waals surface area (Å²) in [7, 11) is 3.11. The van der Waals surface area contributed by atoms with Crippen LogP contribution in [-0.2, 0) is 19.1 Å². The summed E-state index contributed by atoms with van der Waals surface area (Å²) in [5.41, 5.74) is -0.524. The van der Waals surface area contributed by atoms with Gasteiger partial charge >= 0.3 is 0 Å². The zero-order valence-electron chi connectivity index (χ0n) is 19.5. The highest BCUT2D eigenvalue weighted by Gasteiger charge is 2.75. The van der Waals surface area contributed by atoms with Crippen molar-refractivity contribution in [1.82, 2.24) is 10.2 Å². The molecule has 180 valence electrons. The molecule has 3 fully saturated rings. The van der Waals surface area contributed by atoms with Gasteiger partial charge in [-0.2, -0.15) is 0 Å². The third kappa shape index (κ3) is 3.58. The maximum Gasteiger partial charge on any atom is 0.250 e. The number of anilines is 1. The number of rotatable bonds is 8. The summed E-state index contributed by atoms with van der Waals surface area (Å²) in [5, 5.41) is 15.8. The van der Waals surface area contributed by atoms with E-state index in [0.717, 1.165) is 6.42 Å². The number of nitrogens with zero attached hydrogens (tertiary/aromatic N) is 1. The second kappa shape index (κ2) is 8.95. The van der Waals surface area contributed by atoms with Gasteiger partial charge in [0.05, 0.1) is 37.7 Å². The Labute approximate surface area is 193 Å². The summed E-state index contributed by atoms with van der Waals surface area (Å²) in [6.45, 7) is 3.66. The van der Waals surface area contributed by atoms with Crippen LogP contribution in [0.2, 0.25) is 0 Å². The average Bonchev–Trinajstić information content (AvgIpc) is 3.47. The number of carbonyl (C=O) groups is 3. The molecule has 3 heterocycles. The van der Waals surface area contributed by atoms with Gasteiger partial charge in [-0.15, -0.1) is 0 Å². The monoisotopic (exact) mass is 459 g/mol. The molecule has 4 rings (SSSR count). The van der Waals surface area contributed by atoms with Crippen LogP contribution >= 0.6 is 0 Å². The van der Waals surface area contributed by atoms with E-state index in [-0.39, 0.29) is 30.2 Å². The second-order valence-electron chi connectivity index (χ2n) is 9.27. The van der Waals surface area contributed by atoms with Crippen molar-refractivity contribution in [2.45, 2.75) is 56.9 Å². The molecule has 33 heavy (non-hydrogen) atoms. The Morgan fingerprint density at radius 3 is 2.58 bits per heavy atom. The summed E-state index contributed by atoms with van der Waals surface area (Å²) < 4.78 is 11.5. The average molecular weight is 460 g/mol. The number of benzene rings is 1. The summed E-state index contributed by atoms with van der Waals surface area (Å²) in [6, 6.07) is 5.44. The molecule has 7 atom stereocenters. The van der Waals surface area contributed by atoms with E-state index in [9.17, 15) is 19.5 Å². The van der Waals surface area contributed by atoms with E-state index in [1.165, 1.54) is 4.90 Å². The Kier molecular flexibility index (Phi) is 6.37. The Hall–Kier alpha value is -2.65. The molecule has 3 amide bonds. The molecular weight excluding hydrogens is 426 g/mol. The van der Waals surface area contributed by atoms with Crippen molar-refractivity contribution < 1.29 is 29.0 Å². The van der Waals surface area contributed by atoms with Crippen molar-refractivity contribution in [1.29, 1.82) is 0 Å². The highest BCUT2D eigenvalue weighted by atomic mass is 16.5. The molecule has 0 aliphatic carbocycles. The van der Waals surface area contributed by atoms with E-state index in [4.69, 9.17) is 9.47 Å². The first-order valence-electron chi connectivity index (χ1n) is 11.6. The van der Waals surface area contributed by atoms with Crippen LogP contribution in [0.5, 0.6) is 5.75 Å². The Balaban J connectivity index is 1.74. The Morgan fingerprint density at radius 1 is 1.30 bits per heavy atom. The number of aliphatic hydroxyl groups excluding tert-OH is 1. The Morgan fingerprint density at radius 2 is 2.00 bits per heavy atom. The lowest BCUT2D eigenvalue weighted by Gasteiger charge is -2.38. The topological polar surface area (TPSA) is 117 Å². The lowest BCUT2D eigenvalue weighted by molar-refractivity contribution is -0.145. The second-order valence-corrected chi connectivity index (χ2v) is 9.27. The molecule has 1 spiro atoms. The fraction of sp³-hybridized carbons (Fsp3) is 0.625. The Bertz CT molecular complexity index is 921. The number of aliphatic hydroxyl groups is 1. The first-order chi connectivity index (χ1) is 15.8. The third-order valence-electron chi connectivity index (χ3n) is 7.74. The zero-order valence-corrected chi connectivity index (χ0v) is 19.5. The minimum Gasteiger partial charge on any atom is -0.497 e. The predicted molar refractivity (Wildman–Crippen MR) is 120 cm³/mol. The number of hydrogen-bond acceptors (Lipinski definition) is 6. The minimum absolute atomic E-state index is 0.0406. The maximum absolute atomic E-state index is 13.8. The van der Waals surface area contributed by atoms with Gasteiger partial charge in [0.1, 0.15) is 17.4 Å². The van der Waals surface area contributed by atoms with Gasteiger partial charge in [-0.3, -0.25) is 14.4 Å². The first-order valence-corrected chi connectivity index (χ1v) is 11.6. The van der Waals surface area contributed by atoms with Gasteiger partial charge in [-0.25, -0.2) is 0 Å². The van der Waals surface area contributed by atoms with Crippen LogP contribution in [0.25, 0.3) is 0 Å². The van der Waals surface area contributed by atoms with Crippen LogP contribution in [0.15, 0.2) is 24.3 Å². The number of nitrogens with one attached hydrogen (secondary N) is 2. The number of fused-ring (bicyclic) bond motifs is 1. The van der Waals surface area contributed by atoms with Gasteiger partial charge in [-0.05, 0) is 43.0 Å². The number of methoxy groups -OCH3 is 1. The van der Waals surface area contributed by atoms with E-state index in [1.54, 1.807) is 38.4 Å². The van der Waals surface area contributed by atoms with Crippen LogP contribution in [0.1, 0.15) is 33.1 Å². The minimum atomic E-state index is -1.09. The van der Waals surface area contributed by atoms with E-state index >= 15 is 0 Å². The van der Waals surface area contributed by atoms with Crippen molar-refractivity contribution in [3.8, 4) is 5.75 Å². The quantitative estimate of drug-likeness (QED) is 0.537. The largest absolute Gasteiger partial charge is 0.497 e. The van der Waals surface area contributed by atoms with E-state index < -0.39 is 35.6 Å². The molecule has 3 saturated heterocycles. The van der Waals surface area contributed by atoms with Crippen molar-refractivity contribution >= 4 is 23.4 Å². The van der Waals surface area contributed by atoms with Crippen LogP contribution in [0.4, 0.5) is 5.69 Å². The molecule has 9 heteroatoms. The number of carbonyl (C=O) groups excluding carboxylic acids is 3.